The smallest absolute Gasteiger partial charge is 0.156 e. The van der Waals surface area contributed by atoms with Crippen LogP contribution in [0.3, 0.4) is 0 Å². The normalized spacial score (nSPS) is 18.9. The van der Waals surface area contributed by atoms with Gasteiger partial charge in [-0.05, 0) is 32.3 Å². The first-order chi connectivity index (χ1) is 9.66. The van der Waals surface area contributed by atoms with E-state index in [1.807, 2.05) is 30.3 Å². The summed E-state index contributed by atoms with van der Waals surface area (Å²) in [6, 6.07) is 12.6. The zero-order valence-corrected chi connectivity index (χ0v) is 12.4. The van der Waals surface area contributed by atoms with Gasteiger partial charge in [0.25, 0.3) is 0 Å². The molecule has 1 aliphatic carbocycles. The van der Waals surface area contributed by atoms with E-state index in [1.54, 1.807) is 0 Å². The summed E-state index contributed by atoms with van der Waals surface area (Å²) in [6.45, 7) is 4.53. The van der Waals surface area contributed by atoms with Crippen molar-refractivity contribution in [1.29, 1.82) is 5.26 Å². The largest absolute Gasteiger partial charge is 0.375 e. The molecule has 0 spiro atoms. The van der Waals surface area contributed by atoms with E-state index in [9.17, 15) is 5.26 Å². The van der Waals surface area contributed by atoms with E-state index in [4.69, 9.17) is 4.74 Å². The number of nitriles is 1. The van der Waals surface area contributed by atoms with Crippen molar-refractivity contribution >= 4 is 0 Å². The van der Waals surface area contributed by atoms with Crippen LogP contribution >= 0.6 is 0 Å². The van der Waals surface area contributed by atoms with Gasteiger partial charge in [0.15, 0.2) is 5.54 Å². The number of nitrogens with zero attached hydrogens (tertiary/aromatic N) is 1. The van der Waals surface area contributed by atoms with Gasteiger partial charge in [-0.2, -0.15) is 5.26 Å². The van der Waals surface area contributed by atoms with Gasteiger partial charge in [-0.15, -0.1) is 0 Å². The van der Waals surface area contributed by atoms with E-state index in [0.717, 1.165) is 18.4 Å². The van der Waals surface area contributed by atoms with Crippen LogP contribution in [0.4, 0.5) is 0 Å². The van der Waals surface area contributed by atoms with E-state index in [-0.39, 0.29) is 6.04 Å². The first-order valence-corrected chi connectivity index (χ1v) is 7.52. The Kier molecular flexibility index (Phi) is 5.17. The maximum absolute atomic E-state index is 9.76. The third kappa shape index (κ3) is 3.59. The van der Waals surface area contributed by atoms with Crippen LogP contribution in [0.5, 0.6) is 0 Å². The molecule has 1 N–H and O–H groups in total. The van der Waals surface area contributed by atoms with Crippen LogP contribution in [0.2, 0.25) is 0 Å². The van der Waals surface area contributed by atoms with E-state index in [2.05, 4.69) is 25.2 Å². The third-order valence-electron chi connectivity index (χ3n) is 3.83. The minimum atomic E-state index is -0.752. The van der Waals surface area contributed by atoms with Crippen molar-refractivity contribution in [3.05, 3.63) is 35.9 Å². The number of rotatable bonds is 6. The van der Waals surface area contributed by atoms with Crippen LogP contribution < -0.4 is 5.32 Å². The summed E-state index contributed by atoms with van der Waals surface area (Å²) in [7, 11) is 0. The van der Waals surface area contributed by atoms with Gasteiger partial charge in [0.1, 0.15) is 0 Å². The summed E-state index contributed by atoms with van der Waals surface area (Å²) in [6.07, 6.45) is 5.05. The fourth-order valence-electron chi connectivity index (χ4n) is 2.85. The minimum absolute atomic E-state index is 0.224. The Balaban J connectivity index is 2.16. The van der Waals surface area contributed by atoms with Gasteiger partial charge in [0.2, 0.25) is 0 Å². The van der Waals surface area contributed by atoms with Gasteiger partial charge in [-0.25, -0.2) is 0 Å². The molecular weight excluding hydrogens is 248 g/mol. The number of benzene rings is 1. The van der Waals surface area contributed by atoms with Crippen molar-refractivity contribution < 1.29 is 4.74 Å². The summed E-state index contributed by atoms with van der Waals surface area (Å²) in [4.78, 5) is 0. The van der Waals surface area contributed by atoms with Crippen molar-refractivity contribution in [2.45, 2.75) is 57.2 Å². The molecule has 0 amide bonds. The first kappa shape index (κ1) is 15.0. The molecule has 3 nitrogen and oxygen atoms in total. The van der Waals surface area contributed by atoms with E-state index in [0.29, 0.717) is 12.7 Å². The van der Waals surface area contributed by atoms with Gasteiger partial charge < -0.3 is 4.74 Å². The molecule has 0 aromatic heterocycles. The lowest BCUT2D eigenvalue weighted by molar-refractivity contribution is 0.0243. The second-order valence-electron chi connectivity index (χ2n) is 5.90. The van der Waals surface area contributed by atoms with Crippen LogP contribution in [-0.2, 0) is 10.3 Å². The lowest BCUT2D eigenvalue weighted by Crippen LogP contribution is -2.49. The van der Waals surface area contributed by atoms with E-state index in [1.165, 1.54) is 12.8 Å². The van der Waals surface area contributed by atoms with Gasteiger partial charge in [0, 0.05) is 6.04 Å². The maximum atomic E-state index is 9.76. The molecule has 0 radical (unpaired) electrons. The van der Waals surface area contributed by atoms with Crippen molar-refractivity contribution in [3.63, 3.8) is 0 Å². The van der Waals surface area contributed by atoms with E-state index >= 15 is 0 Å². The highest BCUT2D eigenvalue weighted by Gasteiger charge is 2.34. The minimum Gasteiger partial charge on any atom is -0.375 e. The molecule has 1 saturated carbocycles. The zero-order valence-electron chi connectivity index (χ0n) is 12.4. The Labute approximate surface area is 121 Å². The Morgan fingerprint density at radius 3 is 2.50 bits per heavy atom. The maximum Gasteiger partial charge on any atom is 0.156 e. The third-order valence-corrected chi connectivity index (χ3v) is 3.83. The second kappa shape index (κ2) is 6.88. The molecule has 2 rings (SSSR count). The van der Waals surface area contributed by atoms with E-state index < -0.39 is 5.54 Å². The highest BCUT2D eigenvalue weighted by atomic mass is 16.5. The number of hydrogen-bond acceptors (Lipinski definition) is 3. The van der Waals surface area contributed by atoms with Crippen LogP contribution in [0.25, 0.3) is 0 Å². The predicted octanol–water partition coefficient (Wildman–Crippen LogP) is 3.36. The molecule has 0 bridgehead atoms. The van der Waals surface area contributed by atoms with Gasteiger partial charge in [-0.3, -0.25) is 5.32 Å². The van der Waals surface area contributed by atoms with Gasteiger partial charge in [-0.1, -0.05) is 43.2 Å². The fraction of sp³-hybridized carbons (Fsp3) is 0.588. The lowest BCUT2D eigenvalue weighted by Gasteiger charge is -2.31. The van der Waals surface area contributed by atoms with Crippen molar-refractivity contribution in [1.82, 2.24) is 5.32 Å². The first-order valence-electron chi connectivity index (χ1n) is 7.52. The Morgan fingerprint density at radius 1 is 1.30 bits per heavy atom. The quantitative estimate of drug-likeness (QED) is 0.863. The molecule has 3 heteroatoms. The molecule has 1 aromatic carbocycles. The van der Waals surface area contributed by atoms with Crippen LogP contribution in [0.15, 0.2) is 30.3 Å². The summed E-state index contributed by atoms with van der Waals surface area (Å²) < 4.78 is 6.03. The summed E-state index contributed by atoms with van der Waals surface area (Å²) >= 11 is 0. The molecule has 1 aromatic rings. The predicted molar refractivity (Wildman–Crippen MR) is 80.2 cm³/mol. The van der Waals surface area contributed by atoms with Gasteiger partial charge in [0.05, 0.1) is 18.8 Å². The monoisotopic (exact) mass is 272 g/mol. The molecule has 1 unspecified atom stereocenters. The average molecular weight is 272 g/mol. The van der Waals surface area contributed by atoms with Crippen molar-refractivity contribution in [2.24, 2.45) is 0 Å². The Hall–Kier alpha value is -1.37. The molecule has 108 valence electrons. The second-order valence-corrected chi connectivity index (χ2v) is 5.90. The zero-order chi connectivity index (χ0) is 14.4. The number of hydrogen-bond donors (Lipinski definition) is 1. The standard InChI is InChI=1S/C17H24N2O/c1-14(2)19-17(12-18,15-8-4-3-5-9-15)13-20-16-10-6-7-11-16/h3-5,8-9,14,16,19H,6-7,10-11,13H2,1-2H3. The highest BCUT2D eigenvalue weighted by molar-refractivity contribution is 5.31. The van der Waals surface area contributed by atoms with Crippen LogP contribution in [0, 0.1) is 11.3 Å². The SMILES string of the molecule is CC(C)NC(C#N)(COC1CCCC1)c1ccccc1. The average Bonchev–Trinajstić information content (AvgIpc) is 2.97. The Morgan fingerprint density at radius 2 is 1.95 bits per heavy atom. The molecule has 1 fully saturated rings. The molecule has 1 aliphatic rings. The van der Waals surface area contributed by atoms with Gasteiger partial charge >= 0.3 is 0 Å². The molecule has 0 saturated heterocycles. The molecular formula is C17H24N2O. The molecule has 0 aliphatic heterocycles. The van der Waals surface area contributed by atoms with Crippen LogP contribution in [0.1, 0.15) is 45.1 Å². The molecule has 1 atom stereocenters. The molecule has 0 heterocycles. The number of nitrogens with one attached hydrogen (secondary N) is 1. The fourth-order valence-corrected chi connectivity index (χ4v) is 2.85. The number of ether oxygens (including phenoxy) is 1. The van der Waals surface area contributed by atoms with Crippen molar-refractivity contribution in [2.75, 3.05) is 6.61 Å². The van der Waals surface area contributed by atoms with Crippen LogP contribution in [-0.4, -0.2) is 18.8 Å². The summed E-state index contributed by atoms with van der Waals surface area (Å²) in [5, 5.41) is 13.2. The molecule has 20 heavy (non-hydrogen) atoms. The topological polar surface area (TPSA) is 45.0 Å². The highest BCUT2D eigenvalue weighted by Crippen LogP contribution is 2.26. The lowest BCUT2D eigenvalue weighted by atomic mass is 9.91. The summed E-state index contributed by atoms with van der Waals surface area (Å²) in [5.41, 5.74) is 0.229. The summed E-state index contributed by atoms with van der Waals surface area (Å²) in [5.74, 6) is 0. The van der Waals surface area contributed by atoms with Crippen molar-refractivity contribution in [3.8, 4) is 6.07 Å². The Bertz CT molecular complexity index is 446.